The Kier molecular flexibility index (Phi) is 3.52. The lowest BCUT2D eigenvalue weighted by atomic mass is 10.1. The Balaban J connectivity index is 2.13. The third-order valence-corrected chi connectivity index (χ3v) is 2.49. The van der Waals surface area contributed by atoms with Gasteiger partial charge in [-0.1, -0.05) is 6.07 Å². The summed E-state index contributed by atoms with van der Waals surface area (Å²) >= 11 is 0. The van der Waals surface area contributed by atoms with Gasteiger partial charge in [-0.3, -0.25) is 0 Å². The summed E-state index contributed by atoms with van der Waals surface area (Å²) in [5.41, 5.74) is 0.445. The van der Waals surface area contributed by atoms with Gasteiger partial charge in [0, 0.05) is 6.42 Å². The highest BCUT2D eigenvalue weighted by Gasteiger charge is 2.14. The van der Waals surface area contributed by atoms with E-state index in [0.29, 0.717) is 11.4 Å². The molecule has 0 aliphatic rings. The minimum Gasteiger partial charge on any atom is -0.494 e. The zero-order valence-corrected chi connectivity index (χ0v) is 10.0. The van der Waals surface area contributed by atoms with E-state index in [9.17, 15) is 9.50 Å². The van der Waals surface area contributed by atoms with Crippen LogP contribution in [0.2, 0.25) is 0 Å². The predicted molar refractivity (Wildman–Crippen MR) is 60.4 cm³/mol. The van der Waals surface area contributed by atoms with Crippen LogP contribution in [0.25, 0.3) is 0 Å². The topological polar surface area (TPSA) is 73.1 Å². The lowest BCUT2D eigenvalue weighted by Crippen LogP contribution is -2.04. The molecule has 2 aromatic rings. The van der Waals surface area contributed by atoms with Crippen molar-refractivity contribution >= 4 is 0 Å². The quantitative estimate of drug-likeness (QED) is 0.864. The second kappa shape index (κ2) is 5.09. The van der Waals surface area contributed by atoms with Crippen molar-refractivity contribution in [2.75, 3.05) is 7.11 Å². The number of halogens is 1. The van der Waals surface area contributed by atoms with Gasteiger partial charge in [0.05, 0.1) is 20.3 Å². The highest BCUT2D eigenvalue weighted by Crippen LogP contribution is 2.23. The standard InChI is InChI=1S/C11H13FN4O2/c1-16-14-11(13-15-16)6-9(17)7-3-4-10(18-2)8(12)5-7/h3-5,9,17H,6H2,1-2H3. The number of benzene rings is 1. The molecule has 1 aromatic heterocycles. The lowest BCUT2D eigenvalue weighted by molar-refractivity contribution is 0.175. The van der Waals surface area contributed by atoms with Gasteiger partial charge in [-0.2, -0.15) is 4.80 Å². The fourth-order valence-corrected chi connectivity index (χ4v) is 1.59. The largest absolute Gasteiger partial charge is 0.494 e. The highest BCUT2D eigenvalue weighted by atomic mass is 19.1. The smallest absolute Gasteiger partial charge is 0.177 e. The molecular weight excluding hydrogens is 239 g/mol. The number of tetrazole rings is 1. The van der Waals surface area contributed by atoms with Gasteiger partial charge >= 0.3 is 0 Å². The van der Waals surface area contributed by atoms with E-state index in [0.717, 1.165) is 0 Å². The summed E-state index contributed by atoms with van der Waals surface area (Å²) < 4.78 is 18.3. The first-order valence-corrected chi connectivity index (χ1v) is 5.34. The van der Waals surface area contributed by atoms with Crippen molar-refractivity contribution in [3.05, 3.63) is 35.4 Å². The second-order valence-electron chi connectivity index (χ2n) is 3.81. The van der Waals surface area contributed by atoms with Gasteiger partial charge < -0.3 is 9.84 Å². The van der Waals surface area contributed by atoms with Gasteiger partial charge in [-0.25, -0.2) is 4.39 Å². The highest BCUT2D eigenvalue weighted by molar-refractivity contribution is 5.30. The molecule has 1 heterocycles. The van der Waals surface area contributed by atoms with Crippen molar-refractivity contribution in [2.45, 2.75) is 12.5 Å². The molecule has 0 aliphatic carbocycles. The summed E-state index contributed by atoms with van der Waals surface area (Å²) in [4.78, 5) is 1.30. The number of hydrogen-bond acceptors (Lipinski definition) is 5. The number of ether oxygens (including phenoxy) is 1. The Labute approximate surface area is 103 Å². The minimum absolute atomic E-state index is 0.142. The third kappa shape index (κ3) is 2.62. The fraction of sp³-hybridized carbons (Fsp3) is 0.364. The van der Waals surface area contributed by atoms with E-state index in [4.69, 9.17) is 4.74 Å². The Bertz CT molecular complexity index is 544. The average molecular weight is 252 g/mol. The van der Waals surface area contributed by atoms with Crippen LogP contribution in [0, 0.1) is 5.82 Å². The minimum atomic E-state index is -0.880. The van der Waals surface area contributed by atoms with Crippen molar-refractivity contribution in [1.29, 1.82) is 0 Å². The lowest BCUT2D eigenvalue weighted by Gasteiger charge is -2.10. The number of aliphatic hydroxyl groups excluding tert-OH is 1. The Morgan fingerprint density at radius 2 is 2.28 bits per heavy atom. The molecule has 2 rings (SSSR count). The van der Waals surface area contributed by atoms with Crippen molar-refractivity contribution in [2.24, 2.45) is 7.05 Å². The molecule has 0 spiro atoms. The molecule has 18 heavy (non-hydrogen) atoms. The average Bonchev–Trinajstić information content (AvgIpc) is 2.74. The van der Waals surface area contributed by atoms with E-state index in [-0.39, 0.29) is 12.2 Å². The van der Waals surface area contributed by atoms with Gasteiger partial charge in [0.25, 0.3) is 0 Å². The van der Waals surface area contributed by atoms with Crippen LogP contribution in [0.15, 0.2) is 18.2 Å². The molecule has 96 valence electrons. The van der Waals surface area contributed by atoms with Gasteiger partial charge in [0.2, 0.25) is 0 Å². The molecule has 0 saturated carbocycles. The van der Waals surface area contributed by atoms with E-state index < -0.39 is 11.9 Å². The van der Waals surface area contributed by atoms with E-state index in [1.165, 1.54) is 24.0 Å². The van der Waals surface area contributed by atoms with E-state index >= 15 is 0 Å². The molecule has 0 bridgehead atoms. The summed E-state index contributed by atoms with van der Waals surface area (Å²) in [6, 6.07) is 4.31. The number of nitrogens with zero attached hydrogens (tertiary/aromatic N) is 4. The molecule has 0 radical (unpaired) electrons. The number of rotatable bonds is 4. The third-order valence-electron chi connectivity index (χ3n) is 2.49. The number of aryl methyl sites for hydroxylation is 1. The molecule has 1 unspecified atom stereocenters. The summed E-state index contributed by atoms with van der Waals surface area (Å²) in [7, 11) is 3.02. The van der Waals surface area contributed by atoms with Gasteiger partial charge in [0.15, 0.2) is 17.4 Å². The Hall–Kier alpha value is -2.02. The van der Waals surface area contributed by atoms with Crippen LogP contribution in [0.1, 0.15) is 17.5 Å². The van der Waals surface area contributed by atoms with Crippen LogP contribution in [-0.4, -0.2) is 32.4 Å². The molecule has 0 amide bonds. The van der Waals surface area contributed by atoms with Crippen LogP contribution in [0.4, 0.5) is 4.39 Å². The summed E-state index contributed by atoms with van der Waals surface area (Å²) in [6.45, 7) is 0. The normalized spacial score (nSPS) is 12.4. The molecule has 1 N–H and O–H groups in total. The SMILES string of the molecule is COc1ccc(C(O)Cc2nnn(C)n2)cc1F. The Morgan fingerprint density at radius 3 is 2.83 bits per heavy atom. The molecule has 1 aromatic carbocycles. The van der Waals surface area contributed by atoms with Crippen molar-refractivity contribution in [3.63, 3.8) is 0 Å². The monoisotopic (exact) mass is 252 g/mol. The first-order chi connectivity index (χ1) is 8.60. The van der Waals surface area contributed by atoms with Gasteiger partial charge in [-0.05, 0) is 22.9 Å². The van der Waals surface area contributed by atoms with Crippen LogP contribution in [0.3, 0.4) is 0 Å². The van der Waals surface area contributed by atoms with Gasteiger partial charge in [0.1, 0.15) is 0 Å². The van der Waals surface area contributed by atoms with Crippen LogP contribution >= 0.6 is 0 Å². The molecule has 0 saturated heterocycles. The second-order valence-corrected chi connectivity index (χ2v) is 3.81. The first kappa shape index (κ1) is 12.4. The van der Waals surface area contributed by atoms with Gasteiger partial charge in [-0.15, -0.1) is 10.2 Å². The van der Waals surface area contributed by atoms with E-state index in [1.54, 1.807) is 13.1 Å². The van der Waals surface area contributed by atoms with E-state index in [2.05, 4.69) is 15.4 Å². The number of aromatic nitrogens is 4. The molecule has 0 aliphatic heterocycles. The maximum absolute atomic E-state index is 13.5. The Morgan fingerprint density at radius 1 is 1.50 bits per heavy atom. The van der Waals surface area contributed by atoms with Crippen molar-refractivity contribution in [3.8, 4) is 5.75 Å². The predicted octanol–water partition coefficient (Wildman–Crippen LogP) is 0.634. The molecular formula is C11H13FN4O2. The number of hydrogen-bond donors (Lipinski definition) is 1. The van der Waals surface area contributed by atoms with Crippen LogP contribution in [-0.2, 0) is 13.5 Å². The first-order valence-electron chi connectivity index (χ1n) is 5.34. The van der Waals surface area contributed by atoms with Crippen molar-refractivity contribution in [1.82, 2.24) is 20.2 Å². The van der Waals surface area contributed by atoms with E-state index in [1.807, 2.05) is 0 Å². The van der Waals surface area contributed by atoms with Crippen LogP contribution < -0.4 is 4.74 Å². The summed E-state index contributed by atoms with van der Waals surface area (Å²) in [5, 5.41) is 21.3. The summed E-state index contributed by atoms with van der Waals surface area (Å²) in [6.07, 6.45) is -0.700. The number of aliphatic hydroxyl groups is 1. The van der Waals surface area contributed by atoms with Crippen molar-refractivity contribution < 1.29 is 14.2 Å². The summed E-state index contributed by atoms with van der Waals surface area (Å²) in [5.74, 6) is 0.0333. The molecule has 6 nitrogen and oxygen atoms in total. The molecule has 1 atom stereocenters. The zero-order chi connectivity index (χ0) is 13.1. The molecule has 0 fully saturated rings. The maximum Gasteiger partial charge on any atom is 0.177 e. The molecule has 7 heteroatoms. The van der Waals surface area contributed by atoms with Crippen LogP contribution in [0.5, 0.6) is 5.75 Å². The fourth-order valence-electron chi connectivity index (χ4n) is 1.59. The zero-order valence-electron chi connectivity index (χ0n) is 10.0. The number of methoxy groups -OCH3 is 1. The maximum atomic E-state index is 13.5.